The first-order chi connectivity index (χ1) is 5.16. The molecule has 0 N–H and O–H groups in total. The van der Waals surface area contributed by atoms with Crippen molar-refractivity contribution >= 4 is 23.4 Å². The molecule has 68 valence electrons. The average molecular weight is 195 g/mol. The molecule has 0 amide bonds. The van der Waals surface area contributed by atoms with Crippen LogP contribution in [0.1, 0.15) is 33.6 Å². The van der Waals surface area contributed by atoms with Gasteiger partial charge in [0.25, 0.3) is 0 Å². The molecule has 1 unspecified atom stereocenters. The molecule has 0 aliphatic rings. The molecule has 1 atom stereocenters. The van der Waals surface area contributed by atoms with Crippen LogP contribution in [0.3, 0.4) is 0 Å². The molecule has 2 heteroatoms. The van der Waals surface area contributed by atoms with E-state index >= 15 is 0 Å². The van der Waals surface area contributed by atoms with Crippen LogP contribution in [0.2, 0.25) is 0 Å². The molecule has 11 heavy (non-hydrogen) atoms. The van der Waals surface area contributed by atoms with Crippen molar-refractivity contribution < 1.29 is 0 Å². The Kier molecular flexibility index (Phi) is 7.72. The molecule has 0 fully saturated rings. The van der Waals surface area contributed by atoms with Crippen molar-refractivity contribution in [3.63, 3.8) is 0 Å². The van der Waals surface area contributed by atoms with Crippen LogP contribution < -0.4 is 0 Å². The molecule has 0 aromatic heterocycles. The van der Waals surface area contributed by atoms with Crippen LogP contribution in [0.4, 0.5) is 0 Å². The highest BCUT2D eigenvalue weighted by Gasteiger charge is 1.99. The van der Waals surface area contributed by atoms with E-state index in [0.717, 1.165) is 11.8 Å². The zero-order valence-corrected chi connectivity index (χ0v) is 9.34. The van der Waals surface area contributed by atoms with Crippen molar-refractivity contribution in [2.45, 2.75) is 38.9 Å². The minimum absolute atomic E-state index is 0.629. The first kappa shape index (κ1) is 11.6. The third-order valence-corrected chi connectivity index (χ3v) is 3.45. The van der Waals surface area contributed by atoms with Crippen LogP contribution in [0.5, 0.6) is 0 Å². The van der Waals surface area contributed by atoms with Gasteiger partial charge in [0, 0.05) is 11.1 Å². The van der Waals surface area contributed by atoms with Crippen LogP contribution in [0.15, 0.2) is 0 Å². The molecule has 0 aliphatic heterocycles. The Hall–Kier alpha value is 0.640. The van der Waals surface area contributed by atoms with Gasteiger partial charge < -0.3 is 0 Å². The van der Waals surface area contributed by atoms with E-state index in [1.54, 1.807) is 0 Å². The number of alkyl halides is 1. The molecule has 0 nitrogen and oxygen atoms in total. The van der Waals surface area contributed by atoms with Crippen molar-refractivity contribution in [3.05, 3.63) is 0 Å². The van der Waals surface area contributed by atoms with Crippen molar-refractivity contribution in [1.82, 2.24) is 0 Å². The fraction of sp³-hybridized carbons (Fsp3) is 1.00. The first-order valence-electron chi connectivity index (χ1n) is 4.34. The summed E-state index contributed by atoms with van der Waals surface area (Å²) in [5.41, 5.74) is 0. The van der Waals surface area contributed by atoms with Crippen molar-refractivity contribution in [2.75, 3.05) is 11.6 Å². The van der Waals surface area contributed by atoms with E-state index in [9.17, 15) is 0 Å². The maximum Gasteiger partial charge on any atom is 0.0339 e. The molecule has 0 rings (SSSR count). The Morgan fingerprint density at radius 1 is 1.27 bits per heavy atom. The van der Waals surface area contributed by atoms with Gasteiger partial charge in [-0.2, -0.15) is 11.8 Å². The SMILES string of the molecule is CC(C)CCCSC(C)CCl. The highest BCUT2D eigenvalue weighted by molar-refractivity contribution is 7.99. The summed E-state index contributed by atoms with van der Waals surface area (Å²) in [7, 11) is 0. The highest BCUT2D eigenvalue weighted by atomic mass is 35.5. The number of thioether (sulfide) groups is 1. The number of rotatable bonds is 6. The summed E-state index contributed by atoms with van der Waals surface area (Å²) in [5.74, 6) is 2.90. The molecule has 0 aromatic rings. The van der Waals surface area contributed by atoms with Crippen LogP contribution in [-0.2, 0) is 0 Å². The zero-order valence-electron chi connectivity index (χ0n) is 7.77. The second-order valence-corrected chi connectivity index (χ2v) is 5.23. The molecule has 0 radical (unpaired) electrons. The Balaban J connectivity index is 3.01. The molecule has 0 spiro atoms. The molecule has 0 aromatic carbocycles. The maximum absolute atomic E-state index is 5.67. The van der Waals surface area contributed by atoms with Gasteiger partial charge in [0.15, 0.2) is 0 Å². The summed E-state index contributed by atoms with van der Waals surface area (Å²) < 4.78 is 0. The van der Waals surface area contributed by atoms with Gasteiger partial charge in [0.2, 0.25) is 0 Å². The smallest absolute Gasteiger partial charge is 0.0339 e. The molecular formula is C9H19ClS. The predicted octanol–water partition coefficient (Wildman–Crippen LogP) is 3.78. The summed E-state index contributed by atoms with van der Waals surface area (Å²) in [4.78, 5) is 0. The van der Waals surface area contributed by atoms with E-state index in [0.29, 0.717) is 5.25 Å². The average Bonchev–Trinajstić information content (AvgIpc) is 1.97. The van der Waals surface area contributed by atoms with Gasteiger partial charge in [0.1, 0.15) is 0 Å². The van der Waals surface area contributed by atoms with Gasteiger partial charge in [-0.05, 0) is 18.1 Å². The van der Waals surface area contributed by atoms with Gasteiger partial charge in [-0.3, -0.25) is 0 Å². The Labute approximate surface area is 80.1 Å². The minimum atomic E-state index is 0.629. The largest absolute Gasteiger partial charge is 0.158 e. The van der Waals surface area contributed by atoms with Crippen LogP contribution in [0.25, 0.3) is 0 Å². The first-order valence-corrected chi connectivity index (χ1v) is 5.92. The van der Waals surface area contributed by atoms with E-state index in [1.807, 2.05) is 11.8 Å². The summed E-state index contributed by atoms with van der Waals surface area (Å²) in [5, 5.41) is 0.629. The van der Waals surface area contributed by atoms with E-state index in [2.05, 4.69) is 20.8 Å². The lowest BCUT2D eigenvalue weighted by Crippen LogP contribution is -1.99. The summed E-state index contributed by atoms with van der Waals surface area (Å²) in [6.07, 6.45) is 2.69. The summed E-state index contributed by atoms with van der Waals surface area (Å²) in [6.45, 7) is 6.73. The lowest BCUT2D eigenvalue weighted by molar-refractivity contribution is 0.579. The standard InChI is InChI=1S/C9H19ClS/c1-8(2)5-4-6-11-9(3)7-10/h8-9H,4-7H2,1-3H3. The fourth-order valence-corrected chi connectivity index (χ4v) is 1.91. The normalized spacial score (nSPS) is 13.9. The predicted molar refractivity (Wildman–Crippen MR) is 56.7 cm³/mol. The van der Waals surface area contributed by atoms with Gasteiger partial charge in [-0.1, -0.05) is 27.2 Å². The minimum Gasteiger partial charge on any atom is -0.158 e. The maximum atomic E-state index is 5.67. The third kappa shape index (κ3) is 8.55. The lowest BCUT2D eigenvalue weighted by atomic mass is 10.1. The summed E-state index contributed by atoms with van der Waals surface area (Å²) in [6, 6.07) is 0. The number of hydrogen-bond donors (Lipinski definition) is 0. The fourth-order valence-electron chi connectivity index (χ4n) is 0.821. The van der Waals surface area contributed by atoms with Gasteiger partial charge in [0.05, 0.1) is 0 Å². The Morgan fingerprint density at radius 2 is 1.91 bits per heavy atom. The molecule has 0 aliphatic carbocycles. The molecule has 0 saturated carbocycles. The second kappa shape index (κ2) is 7.30. The van der Waals surface area contributed by atoms with E-state index in [-0.39, 0.29) is 0 Å². The second-order valence-electron chi connectivity index (χ2n) is 3.37. The van der Waals surface area contributed by atoms with E-state index < -0.39 is 0 Å². The highest BCUT2D eigenvalue weighted by Crippen LogP contribution is 2.15. The van der Waals surface area contributed by atoms with E-state index in [4.69, 9.17) is 11.6 Å². The third-order valence-electron chi connectivity index (χ3n) is 1.55. The van der Waals surface area contributed by atoms with E-state index in [1.165, 1.54) is 18.6 Å². The van der Waals surface area contributed by atoms with Crippen LogP contribution in [-0.4, -0.2) is 16.9 Å². The number of hydrogen-bond acceptors (Lipinski definition) is 1. The lowest BCUT2D eigenvalue weighted by Gasteiger charge is -2.07. The molecule has 0 heterocycles. The summed E-state index contributed by atoms with van der Waals surface area (Å²) >= 11 is 7.66. The van der Waals surface area contributed by atoms with Gasteiger partial charge in [-0.15, -0.1) is 11.6 Å². The Morgan fingerprint density at radius 3 is 2.36 bits per heavy atom. The van der Waals surface area contributed by atoms with Gasteiger partial charge >= 0.3 is 0 Å². The Bertz CT molecular complexity index is 83.6. The van der Waals surface area contributed by atoms with Gasteiger partial charge in [-0.25, -0.2) is 0 Å². The topological polar surface area (TPSA) is 0 Å². The molecular weight excluding hydrogens is 176 g/mol. The number of halogens is 1. The van der Waals surface area contributed by atoms with Crippen molar-refractivity contribution in [2.24, 2.45) is 5.92 Å². The molecule has 0 bridgehead atoms. The quantitative estimate of drug-likeness (QED) is 0.458. The monoisotopic (exact) mass is 194 g/mol. The molecule has 0 saturated heterocycles. The zero-order chi connectivity index (χ0) is 8.69. The van der Waals surface area contributed by atoms with Crippen LogP contribution >= 0.6 is 23.4 Å². The van der Waals surface area contributed by atoms with Crippen molar-refractivity contribution in [1.29, 1.82) is 0 Å². The van der Waals surface area contributed by atoms with Crippen molar-refractivity contribution in [3.8, 4) is 0 Å². The van der Waals surface area contributed by atoms with Crippen LogP contribution in [0, 0.1) is 5.92 Å².